The molecule has 0 aliphatic carbocycles. The summed E-state index contributed by atoms with van der Waals surface area (Å²) in [6.07, 6.45) is 1.17. The number of nitro benzene ring substituents is 1. The smallest absolute Gasteiger partial charge is 0.280 e. The summed E-state index contributed by atoms with van der Waals surface area (Å²) < 4.78 is 10.4. The Labute approximate surface area is 154 Å². The fourth-order valence-electron chi connectivity index (χ4n) is 2.60. The number of ether oxygens (including phenoxy) is 2. The molecule has 0 saturated carbocycles. The van der Waals surface area contributed by atoms with E-state index in [1.165, 1.54) is 18.2 Å². The van der Waals surface area contributed by atoms with E-state index in [1.807, 2.05) is 19.9 Å². The van der Waals surface area contributed by atoms with Gasteiger partial charge in [0.1, 0.15) is 11.6 Å². The largest absolute Gasteiger partial charge is 0.454 e. The minimum absolute atomic E-state index is 0.0438. The van der Waals surface area contributed by atoms with E-state index in [0.29, 0.717) is 11.4 Å². The molecule has 3 rings (SSSR count). The van der Waals surface area contributed by atoms with Gasteiger partial charge < -0.3 is 14.8 Å². The Hall–Kier alpha value is -3.86. The van der Waals surface area contributed by atoms with Gasteiger partial charge in [0.2, 0.25) is 6.79 Å². The minimum atomic E-state index is -0.654. The van der Waals surface area contributed by atoms with Gasteiger partial charge in [-0.15, -0.1) is 0 Å². The Balaban J connectivity index is 1.97. The summed E-state index contributed by atoms with van der Waals surface area (Å²) in [5.74, 6) is -0.0885. The van der Waals surface area contributed by atoms with Crippen LogP contribution in [0.15, 0.2) is 35.9 Å². The van der Waals surface area contributed by atoms with Crippen molar-refractivity contribution in [3.05, 3.63) is 62.7 Å². The molecule has 1 N–H and O–H groups in total. The normalized spacial score (nSPS) is 12.4. The molecule has 1 amide bonds. The average Bonchev–Trinajstić information content (AvgIpc) is 3.09. The lowest BCUT2D eigenvalue weighted by Crippen LogP contribution is -2.14. The number of anilines is 1. The van der Waals surface area contributed by atoms with Gasteiger partial charge in [-0.25, -0.2) is 0 Å². The fourth-order valence-corrected chi connectivity index (χ4v) is 2.60. The van der Waals surface area contributed by atoms with Gasteiger partial charge in [-0.1, -0.05) is 12.1 Å². The molecule has 0 unspecified atom stereocenters. The average molecular weight is 365 g/mol. The summed E-state index contributed by atoms with van der Waals surface area (Å²) in [6, 6.07) is 9.80. The number of nitrogens with one attached hydrogen (secondary N) is 1. The van der Waals surface area contributed by atoms with Crippen molar-refractivity contribution < 1.29 is 19.2 Å². The first-order chi connectivity index (χ1) is 12.9. The number of nitrogens with zero attached hydrogens (tertiary/aromatic N) is 2. The zero-order valence-corrected chi connectivity index (χ0v) is 14.6. The third-order valence-electron chi connectivity index (χ3n) is 4.24. The molecule has 27 heavy (non-hydrogen) atoms. The fraction of sp³-hybridized carbons (Fsp3) is 0.158. The number of hydrogen-bond acceptors (Lipinski definition) is 6. The zero-order chi connectivity index (χ0) is 19.6. The molecule has 1 aliphatic heterocycles. The number of rotatable bonds is 4. The Bertz CT molecular complexity index is 1020. The van der Waals surface area contributed by atoms with E-state index < -0.39 is 10.8 Å². The van der Waals surface area contributed by atoms with E-state index in [0.717, 1.165) is 11.1 Å². The van der Waals surface area contributed by atoms with Crippen LogP contribution >= 0.6 is 0 Å². The van der Waals surface area contributed by atoms with Gasteiger partial charge in [-0.2, -0.15) is 5.26 Å². The number of amides is 1. The number of nitriles is 1. The number of hydrogen-bond donors (Lipinski definition) is 1. The number of carbonyl (C=O) groups is 1. The highest BCUT2D eigenvalue weighted by Gasteiger charge is 2.23. The van der Waals surface area contributed by atoms with Crippen molar-refractivity contribution in [1.82, 2.24) is 0 Å². The Morgan fingerprint density at radius 1 is 1.30 bits per heavy atom. The second kappa shape index (κ2) is 7.17. The molecule has 1 aliphatic rings. The van der Waals surface area contributed by atoms with Crippen LogP contribution in [0.1, 0.15) is 16.7 Å². The van der Waals surface area contributed by atoms with E-state index >= 15 is 0 Å². The monoisotopic (exact) mass is 365 g/mol. The third-order valence-corrected chi connectivity index (χ3v) is 4.24. The maximum Gasteiger partial charge on any atom is 0.280 e. The Morgan fingerprint density at radius 2 is 2.00 bits per heavy atom. The Morgan fingerprint density at radius 3 is 2.67 bits per heavy atom. The predicted molar refractivity (Wildman–Crippen MR) is 97.4 cm³/mol. The van der Waals surface area contributed by atoms with Crippen molar-refractivity contribution in [3.8, 4) is 17.6 Å². The van der Waals surface area contributed by atoms with Crippen LogP contribution in [0.25, 0.3) is 6.08 Å². The Kier molecular flexibility index (Phi) is 4.77. The van der Waals surface area contributed by atoms with Crippen LogP contribution in [0.4, 0.5) is 11.4 Å². The maximum atomic E-state index is 12.5. The molecular formula is C19H15N3O5. The molecule has 2 aromatic rings. The lowest BCUT2D eigenvalue weighted by Gasteiger charge is -2.10. The molecule has 0 bridgehead atoms. The van der Waals surface area contributed by atoms with Crippen molar-refractivity contribution in [2.24, 2.45) is 0 Å². The lowest BCUT2D eigenvalue weighted by atomic mass is 10.1. The van der Waals surface area contributed by atoms with Crippen LogP contribution in [0, 0.1) is 35.3 Å². The van der Waals surface area contributed by atoms with Crippen molar-refractivity contribution in [3.63, 3.8) is 0 Å². The van der Waals surface area contributed by atoms with Gasteiger partial charge in [-0.3, -0.25) is 14.9 Å². The second-order valence-corrected chi connectivity index (χ2v) is 5.89. The first-order valence-corrected chi connectivity index (χ1v) is 7.98. The van der Waals surface area contributed by atoms with Gasteiger partial charge in [0.15, 0.2) is 11.5 Å². The molecule has 2 aromatic carbocycles. The summed E-state index contributed by atoms with van der Waals surface area (Å²) in [5.41, 5.74) is 1.96. The van der Waals surface area contributed by atoms with E-state index in [1.54, 1.807) is 18.2 Å². The molecule has 0 saturated heterocycles. The summed E-state index contributed by atoms with van der Waals surface area (Å²) in [7, 11) is 0. The van der Waals surface area contributed by atoms with E-state index in [4.69, 9.17) is 9.47 Å². The van der Waals surface area contributed by atoms with Crippen LogP contribution in [0.2, 0.25) is 0 Å². The molecule has 136 valence electrons. The van der Waals surface area contributed by atoms with Crippen LogP contribution in [-0.2, 0) is 4.79 Å². The quantitative estimate of drug-likeness (QED) is 0.384. The van der Waals surface area contributed by atoms with E-state index in [-0.39, 0.29) is 29.4 Å². The van der Waals surface area contributed by atoms with Gasteiger partial charge in [0.25, 0.3) is 11.6 Å². The second-order valence-electron chi connectivity index (χ2n) is 5.89. The van der Waals surface area contributed by atoms with Crippen LogP contribution < -0.4 is 14.8 Å². The first kappa shape index (κ1) is 17.9. The zero-order valence-electron chi connectivity index (χ0n) is 14.6. The minimum Gasteiger partial charge on any atom is -0.454 e. The number of nitro groups is 1. The molecule has 0 radical (unpaired) electrons. The van der Waals surface area contributed by atoms with E-state index in [9.17, 15) is 20.2 Å². The van der Waals surface area contributed by atoms with Crippen molar-refractivity contribution in [2.75, 3.05) is 12.1 Å². The topological polar surface area (TPSA) is 114 Å². The first-order valence-electron chi connectivity index (χ1n) is 7.98. The van der Waals surface area contributed by atoms with Crippen LogP contribution in [0.5, 0.6) is 11.5 Å². The highest BCUT2D eigenvalue weighted by Crippen LogP contribution is 2.38. The van der Waals surface area contributed by atoms with E-state index in [2.05, 4.69) is 5.32 Å². The van der Waals surface area contributed by atoms with Crippen LogP contribution in [-0.4, -0.2) is 17.6 Å². The number of carbonyl (C=O) groups excluding carboxylic acids is 1. The third kappa shape index (κ3) is 3.57. The van der Waals surface area contributed by atoms with Gasteiger partial charge in [-0.05, 0) is 43.2 Å². The maximum absolute atomic E-state index is 12.5. The van der Waals surface area contributed by atoms with Crippen molar-refractivity contribution in [1.29, 1.82) is 5.26 Å². The highest BCUT2D eigenvalue weighted by molar-refractivity contribution is 6.10. The summed E-state index contributed by atoms with van der Waals surface area (Å²) in [5, 5.41) is 23.4. The SMILES string of the molecule is Cc1cccc(NC(=O)/C(C#N)=C\c2cc3c(cc2[N+](=O)[O-])OCO3)c1C. The van der Waals surface area contributed by atoms with Crippen LogP contribution in [0.3, 0.4) is 0 Å². The molecular weight excluding hydrogens is 350 g/mol. The number of aryl methyl sites for hydroxylation is 1. The highest BCUT2D eigenvalue weighted by atomic mass is 16.7. The van der Waals surface area contributed by atoms with Crippen molar-refractivity contribution in [2.45, 2.75) is 13.8 Å². The molecule has 8 nitrogen and oxygen atoms in total. The standard InChI is InChI=1S/C19H15N3O5/c1-11-4-3-5-15(12(11)2)21-19(23)14(9-20)6-13-7-17-18(27-10-26-17)8-16(13)22(24)25/h3-8H,10H2,1-2H3,(H,21,23)/b14-6-. The predicted octanol–water partition coefficient (Wildman–Crippen LogP) is 3.49. The summed E-state index contributed by atoms with van der Waals surface area (Å²) in [4.78, 5) is 23.2. The lowest BCUT2D eigenvalue weighted by molar-refractivity contribution is -0.385. The molecule has 0 aromatic heterocycles. The van der Waals surface area contributed by atoms with Gasteiger partial charge >= 0.3 is 0 Å². The summed E-state index contributed by atoms with van der Waals surface area (Å²) >= 11 is 0. The van der Waals surface area contributed by atoms with Gasteiger partial charge in [0.05, 0.1) is 16.6 Å². The molecule has 0 spiro atoms. The molecule has 8 heteroatoms. The number of fused-ring (bicyclic) bond motifs is 1. The van der Waals surface area contributed by atoms with Crippen molar-refractivity contribution >= 4 is 23.4 Å². The molecule has 1 heterocycles. The van der Waals surface area contributed by atoms with Gasteiger partial charge in [0, 0.05) is 5.69 Å². The summed E-state index contributed by atoms with van der Waals surface area (Å²) in [6.45, 7) is 3.71. The molecule has 0 fully saturated rings. The number of benzene rings is 2. The molecule has 0 atom stereocenters.